The molecule has 130 valence electrons. The Morgan fingerprint density at radius 1 is 0.692 bits per heavy atom. The molecule has 0 aliphatic carbocycles. The molecule has 0 bridgehead atoms. The van der Waals surface area contributed by atoms with Gasteiger partial charge in [-0.3, -0.25) is 9.59 Å². The van der Waals surface area contributed by atoms with Crippen molar-refractivity contribution in [3.63, 3.8) is 0 Å². The minimum Gasteiger partial charge on any atom is -0.398 e. The molecule has 4 heteroatoms. The van der Waals surface area contributed by atoms with Crippen molar-refractivity contribution in [1.82, 2.24) is 0 Å². The number of carbonyl (C=O) groups is 2. The molecular formula is C22H20N2O2. The smallest absolute Gasteiger partial charge is 0.172 e. The highest BCUT2D eigenvalue weighted by Crippen LogP contribution is 2.29. The number of hydrogen-bond donors (Lipinski definition) is 2. The van der Waals surface area contributed by atoms with Gasteiger partial charge in [0.25, 0.3) is 0 Å². The average Bonchev–Trinajstić information content (AvgIpc) is 2.67. The van der Waals surface area contributed by atoms with Gasteiger partial charge in [-0.2, -0.15) is 0 Å². The third-order valence-electron chi connectivity index (χ3n) is 4.40. The summed E-state index contributed by atoms with van der Waals surface area (Å²) in [6.45, 7) is 0. The molecule has 3 aromatic carbocycles. The lowest BCUT2D eigenvalue weighted by molar-refractivity contribution is 0.0894. The molecule has 0 fully saturated rings. The number of nitrogen functional groups attached to an aromatic ring is 2. The van der Waals surface area contributed by atoms with E-state index in [-0.39, 0.29) is 18.0 Å². The third kappa shape index (κ3) is 3.64. The van der Waals surface area contributed by atoms with Gasteiger partial charge in [0.05, 0.1) is 5.92 Å². The van der Waals surface area contributed by atoms with Gasteiger partial charge in [-0.1, -0.05) is 54.6 Å². The van der Waals surface area contributed by atoms with Gasteiger partial charge < -0.3 is 11.5 Å². The van der Waals surface area contributed by atoms with Crippen LogP contribution in [0.25, 0.3) is 0 Å². The van der Waals surface area contributed by atoms with Crippen LogP contribution < -0.4 is 11.5 Å². The Morgan fingerprint density at radius 2 is 1.19 bits per heavy atom. The van der Waals surface area contributed by atoms with Crippen LogP contribution in [0, 0.1) is 0 Å². The normalized spacial score (nSPS) is 11.7. The highest BCUT2D eigenvalue weighted by Gasteiger charge is 2.27. The summed E-state index contributed by atoms with van der Waals surface area (Å²) < 4.78 is 0. The Balaban J connectivity index is 1.97. The Morgan fingerprint density at radius 3 is 1.77 bits per heavy atom. The number of para-hydroxylation sites is 2. The summed E-state index contributed by atoms with van der Waals surface area (Å²) in [7, 11) is 0. The molecule has 0 saturated heterocycles. The Labute approximate surface area is 152 Å². The fraction of sp³-hybridized carbons (Fsp3) is 0.0909. The lowest BCUT2D eigenvalue weighted by Gasteiger charge is -2.17. The number of nitrogens with two attached hydrogens (primary N) is 2. The monoisotopic (exact) mass is 344 g/mol. The number of rotatable bonds is 6. The summed E-state index contributed by atoms with van der Waals surface area (Å²) in [6.07, 6.45) is 0.0331. The molecule has 0 aliphatic rings. The van der Waals surface area contributed by atoms with Crippen LogP contribution in [0.1, 0.15) is 38.6 Å². The van der Waals surface area contributed by atoms with E-state index < -0.39 is 5.92 Å². The molecule has 0 heterocycles. The minimum absolute atomic E-state index is 0.0331. The molecule has 0 amide bonds. The van der Waals surface area contributed by atoms with E-state index in [1.807, 2.05) is 30.3 Å². The lowest BCUT2D eigenvalue weighted by atomic mass is 9.85. The summed E-state index contributed by atoms with van der Waals surface area (Å²) in [5.41, 5.74) is 14.4. The molecule has 4 nitrogen and oxygen atoms in total. The Hall–Kier alpha value is -3.40. The van der Waals surface area contributed by atoms with Gasteiger partial charge in [0.1, 0.15) is 0 Å². The first-order valence-electron chi connectivity index (χ1n) is 8.39. The molecule has 0 aromatic heterocycles. The number of Topliss-reactive ketones (excluding diaryl/α,β-unsaturated/α-hetero) is 2. The molecular weight excluding hydrogens is 324 g/mol. The second-order valence-corrected chi connectivity index (χ2v) is 6.13. The fourth-order valence-electron chi connectivity index (χ4n) is 3.00. The maximum Gasteiger partial charge on any atom is 0.172 e. The maximum atomic E-state index is 13.2. The van der Waals surface area contributed by atoms with Crippen LogP contribution in [-0.2, 0) is 0 Å². The third-order valence-corrected chi connectivity index (χ3v) is 4.40. The van der Waals surface area contributed by atoms with E-state index in [2.05, 4.69) is 0 Å². The van der Waals surface area contributed by atoms with Crippen LogP contribution in [0.5, 0.6) is 0 Å². The second kappa shape index (κ2) is 7.66. The van der Waals surface area contributed by atoms with Crippen LogP contribution in [0.4, 0.5) is 11.4 Å². The molecule has 0 saturated carbocycles. The zero-order valence-corrected chi connectivity index (χ0v) is 14.3. The first kappa shape index (κ1) is 17.4. The molecule has 4 N–H and O–H groups in total. The van der Waals surface area contributed by atoms with Crippen molar-refractivity contribution < 1.29 is 9.59 Å². The molecule has 0 radical (unpaired) electrons. The van der Waals surface area contributed by atoms with E-state index in [1.165, 1.54) is 0 Å². The van der Waals surface area contributed by atoms with Gasteiger partial charge in [0, 0.05) is 28.9 Å². The highest BCUT2D eigenvalue weighted by atomic mass is 16.1. The van der Waals surface area contributed by atoms with Crippen molar-refractivity contribution in [2.45, 2.75) is 12.3 Å². The van der Waals surface area contributed by atoms with Crippen LogP contribution >= 0.6 is 0 Å². The number of carbonyl (C=O) groups excluding carboxylic acids is 2. The first-order chi connectivity index (χ1) is 12.6. The van der Waals surface area contributed by atoms with E-state index >= 15 is 0 Å². The lowest BCUT2D eigenvalue weighted by Crippen LogP contribution is -2.19. The van der Waals surface area contributed by atoms with Gasteiger partial charge in [-0.25, -0.2) is 0 Å². The van der Waals surface area contributed by atoms with Crippen molar-refractivity contribution in [3.05, 3.63) is 95.6 Å². The van der Waals surface area contributed by atoms with Gasteiger partial charge >= 0.3 is 0 Å². The minimum atomic E-state index is -0.618. The van der Waals surface area contributed by atoms with Crippen LogP contribution in [0.3, 0.4) is 0 Å². The Bertz CT molecular complexity index is 936. The van der Waals surface area contributed by atoms with Gasteiger partial charge in [0.2, 0.25) is 0 Å². The topological polar surface area (TPSA) is 86.2 Å². The predicted octanol–water partition coefficient (Wildman–Crippen LogP) is 4.09. The van der Waals surface area contributed by atoms with Crippen molar-refractivity contribution in [3.8, 4) is 0 Å². The van der Waals surface area contributed by atoms with E-state index in [0.717, 1.165) is 5.56 Å². The molecule has 3 rings (SSSR count). The summed E-state index contributed by atoms with van der Waals surface area (Å²) in [5, 5.41) is 0. The molecule has 1 atom stereocenters. The summed E-state index contributed by atoms with van der Waals surface area (Å²) in [6, 6.07) is 23.1. The number of anilines is 2. The maximum absolute atomic E-state index is 13.2. The molecule has 3 aromatic rings. The summed E-state index contributed by atoms with van der Waals surface area (Å²) in [5.74, 6) is -0.954. The largest absolute Gasteiger partial charge is 0.398 e. The van der Waals surface area contributed by atoms with Crippen molar-refractivity contribution in [1.29, 1.82) is 0 Å². The zero-order chi connectivity index (χ0) is 18.5. The van der Waals surface area contributed by atoms with Gasteiger partial charge in [0.15, 0.2) is 11.6 Å². The first-order valence-corrected chi connectivity index (χ1v) is 8.39. The standard InChI is InChI=1S/C22H20N2O2/c23-19-12-6-4-10-16(19)21(25)14-18(15-8-2-1-3-9-15)22(26)17-11-5-7-13-20(17)24/h1-13,18H,14,23-24H2. The SMILES string of the molecule is Nc1ccccc1C(=O)CC(C(=O)c1ccccc1N)c1ccccc1. The van der Waals surface area contributed by atoms with E-state index in [4.69, 9.17) is 11.5 Å². The quantitative estimate of drug-likeness (QED) is 0.521. The van der Waals surface area contributed by atoms with Gasteiger partial charge in [-0.15, -0.1) is 0 Å². The fourth-order valence-corrected chi connectivity index (χ4v) is 3.00. The van der Waals surface area contributed by atoms with Crippen molar-refractivity contribution in [2.24, 2.45) is 0 Å². The van der Waals surface area contributed by atoms with E-state index in [9.17, 15) is 9.59 Å². The number of benzene rings is 3. The molecule has 26 heavy (non-hydrogen) atoms. The highest BCUT2D eigenvalue weighted by molar-refractivity contribution is 6.09. The second-order valence-electron chi connectivity index (χ2n) is 6.13. The van der Waals surface area contributed by atoms with Crippen LogP contribution in [-0.4, -0.2) is 11.6 Å². The number of hydrogen-bond acceptors (Lipinski definition) is 4. The van der Waals surface area contributed by atoms with Crippen molar-refractivity contribution in [2.75, 3.05) is 11.5 Å². The summed E-state index contributed by atoms with van der Waals surface area (Å²) in [4.78, 5) is 26.0. The van der Waals surface area contributed by atoms with Crippen LogP contribution in [0.15, 0.2) is 78.9 Å². The molecule has 1 unspecified atom stereocenters. The van der Waals surface area contributed by atoms with E-state index in [0.29, 0.717) is 22.5 Å². The molecule has 0 spiro atoms. The predicted molar refractivity (Wildman–Crippen MR) is 104 cm³/mol. The summed E-state index contributed by atoms with van der Waals surface area (Å²) >= 11 is 0. The average molecular weight is 344 g/mol. The Kier molecular flexibility index (Phi) is 5.13. The van der Waals surface area contributed by atoms with Crippen molar-refractivity contribution >= 4 is 22.9 Å². The van der Waals surface area contributed by atoms with Gasteiger partial charge in [-0.05, 0) is 29.8 Å². The van der Waals surface area contributed by atoms with E-state index in [1.54, 1.807) is 48.5 Å². The molecule has 0 aliphatic heterocycles. The zero-order valence-electron chi connectivity index (χ0n) is 14.3. The number of ketones is 2. The van der Waals surface area contributed by atoms with Crippen LogP contribution in [0.2, 0.25) is 0 Å².